The van der Waals surface area contributed by atoms with Crippen molar-refractivity contribution >= 4 is 17.7 Å². The Kier molecular flexibility index (Phi) is 4.83. The zero-order valence-corrected chi connectivity index (χ0v) is 14.1. The van der Waals surface area contributed by atoms with E-state index in [2.05, 4.69) is 10.3 Å². The van der Waals surface area contributed by atoms with Crippen LogP contribution in [0.15, 0.2) is 18.3 Å². The van der Waals surface area contributed by atoms with Crippen LogP contribution in [-0.2, 0) is 11.8 Å². The smallest absolute Gasteiger partial charge is 0.355 e. The fourth-order valence-electron chi connectivity index (χ4n) is 2.59. The summed E-state index contributed by atoms with van der Waals surface area (Å²) in [7, 11) is 1.75. The molecule has 0 unspecified atom stereocenters. The maximum atomic E-state index is 12.6. The number of carbonyl (C=O) groups is 2. The van der Waals surface area contributed by atoms with Crippen molar-refractivity contribution in [1.82, 2.24) is 9.55 Å². The normalized spacial score (nSPS) is 10.5. The monoisotopic (exact) mass is 315 g/mol. The van der Waals surface area contributed by atoms with E-state index in [0.29, 0.717) is 28.3 Å². The Labute approximate surface area is 135 Å². The van der Waals surface area contributed by atoms with Crippen molar-refractivity contribution < 1.29 is 14.3 Å². The highest BCUT2D eigenvalue weighted by Crippen LogP contribution is 2.23. The average Bonchev–Trinajstić information content (AvgIpc) is 2.72. The first-order valence-electron chi connectivity index (χ1n) is 7.44. The molecule has 2 rings (SSSR count). The lowest BCUT2D eigenvalue weighted by Crippen LogP contribution is -2.15. The van der Waals surface area contributed by atoms with Crippen molar-refractivity contribution in [3.8, 4) is 0 Å². The highest BCUT2D eigenvalue weighted by Gasteiger charge is 2.26. The number of aryl methyl sites for hydroxylation is 1. The molecule has 0 aliphatic carbocycles. The molecule has 6 heteroatoms. The molecule has 0 aliphatic heterocycles. The molecule has 0 atom stereocenters. The SMILES string of the molecule is CCOC(=O)c1c(C)c(C(=O)Nc2ncccc2C)c(C)n1C. The number of nitrogens with zero attached hydrogens (tertiary/aromatic N) is 2. The van der Waals surface area contributed by atoms with E-state index in [9.17, 15) is 9.59 Å². The van der Waals surface area contributed by atoms with E-state index in [1.54, 1.807) is 38.6 Å². The third-order valence-electron chi connectivity index (χ3n) is 3.87. The van der Waals surface area contributed by atoms with Gasteiger partial charge in [-0.2, -0.15) is 0 Å². The van der Waals surface area contributed by atoms with E-state index in [1.807, 2.05) is 19.1 Å². The van der Waals surface area contributed by atoms with Crippen molar-refractivity contribution in [1.29, 1.82) is 0 Å². The molecule has 1 N–H and O–H groups in total. The molecule has 23 heavy (non-hydrogen) atoms. The lowest BCUT2D eigenvalue weighted by atomic mass is 10.1. The van der Waals surface area contributed by atoms with Crippen LogP contribution in [0.4, 0.5) is 5.82 Å². The molecule has 2 aromatic heterocycles. The number of rotatable bonds is 4. The molecule has 2 aromatic rings. The highest BCUT2D eigenvalue weighted by atomic mass is 16.5. The van der Waals surface area contributed by atoms with E-state index in [0.717, 1.165) is 5.56 Å². The second-order valence-corrected chi connectivity index (χ2v) is 5.34. The largest absolute Gasteiger partial charge is 0.461 e. The topological polar surface area (TPSA) is 73.2 Å². The van der Waals surface area contributed by atoms with Gasteiger partial charge in [-0.3, -0.25) is 4.79 Å². The van der Waals surface area contributed by atoms with Crippen molar-refractivity contribution in [2.24, 2.45) is 7.05 Å². The fraction of sp³-hybridized carbons (Fsp3) is 0.353. The number of hydrogen-bond acceptors (Lipinski definition) is 4. The number of carbonyl (C=O) groups excluding carboxylic acids is 2. The Morgan fingerprint density at radius 2 is 2.00 bits per heavy atom. The summed E-state index contributed by atoms with van der Waals surface area (Å²) in [6.45, 7) is 7.46. The Morgan fingerprint density at radius 3 is 2.61 bits per heavy atom. The van der Waals surface area contributed by atoms with E-state index in [1.165, 1.54) is 0 Å². The van der Waals surface area contributed by atoms with Crippen molar-refractivity contribution in [3.05, 3.63) is 46.4 Å². The van der Waals surface area contributed by atoms with Gasteiger partial charge in [0, 0.05) is 18.9 Å². The number of esters is 1. The molecule has 0 saturated heterocycles. The van der Waals surface area contributed by atoms with Crippen LogP contribution in [0.25, 0.3) is 0 Å². The van der Waals surface area contributed by atoms with Gasteiger partial charge in [0.15, 0.2) is 0 Å². The van der Waals surface area contributed by atoms with Crippen LogP contribution in [0.1, 0.15) is 44.6 Å². The van der Waals surface area contributed by atoms with Gasteiger partial charge in [-0.25, -0.2) is 9.78 Å². The van der Waals surface area contributed by atoms with Crippen LogP contribution in [-0.4, -0.2) is 28.0 Å². The molecular formula is C17H21N3O3. The molecule has 0 spiro atoms. The van der Waals surface area contributed by atoms with E-state index < -0.39 is 5.97 Å². The summed E-state index contributed by atoms with van der Waals surface area (Å²) in [6, 6.07) is 3.68. The lowest BCUT2D eigenvalue weighted by molar-refractivity contribution is 0.0514. The summed E-state index contributed by atoms with van der Waals surface area (Å²) in [4.78, 5) is 28.9. The summed E-state index contributed by atoms with van der Waals surface area (Å²) in [5, 5.41) is 2.80. The van der Waals surface area contributed by atoms with Crippen molar-refractivity contribution in [2.45, 2.75) is 27.7 Å². The second-order valence-electron chi connectivity index (χ2n) is 5.34. The first-order chi connectivity index (χ1) is 10.9. The number of anilines is 1. The summed E-state index contributed by atoms with van der Waals surface area (Å²) in [5.41, 5.74) is 3.05. The number of pyridine rings is 1. The zero-order chi connectivity index (χ0) is 17.1. The van der Waals surface area contributed by atoms with Crippen LogP contribution < -0.4 is 5.32 Å². The third kappa shape index (κ3) is 3.11. The van der Waals surface area contributed by atoms with Crippen LogP contribution in [0, 0.1) is 20.8 Å². The molecule has 0 bridgehead atoms. The molecule has 0 saturated carbocycles. The molecule has 0 radical (unpaired) electrons. The third-order valence-corrected chi connectivity index (χ3v) is 3.87. The predicted molar refractivity (Wildman–Crippen MR) is 87.8 cm³/mol. The Balaban J connectivity index is 2.40. The molecule has 1 amide bonds. The zero-order valence-electron chi connectivity index (χ0n) is 14.1. The number of ether oxygens (including phenoxy) is 1. The van der Waals surface area contributed by atoms with Gasteiger partial charge in [0.1, 0.15) is 11.5 Å². The highest BCUT2D eigenvalue weighted by molar-refractivity contribution is 6.08. The van der Waals surface area contributed by atoms with Crippen LogP contribution in [0.3, 0.4) is 0 Å². The Morgan fingerprint density at radius 1 is 1.30 bits per heavy atom. The minimum atomic E-state index is -0.427. The van der Waals surface area contributed by atoms with Gasteiger partial charge in [0.25, 0.3) is 5.91 Å². The van der Waals surface area contributed by atoms with E-state index in [4.69, 9.17) is 4.74 Å². The first kappa shape index (κ1) is 16.7. The molecular weight excluding hydrogens is 294 g/mol. The van der Waals surface area contributed by atoms with Gasteiger partial charge in [-0.1, -0.05) is 6.07 Å². The van der Waals surface area contributed by atoms with Gasteiger partial charge >= 0.3 is 5.97 Å². The fourth-order valence-corrected chi connectivity index (χ4v) is 2.59. The maximum absolute atomic E-state index is 12.6. The number of amides is 1. The summed E-state index contributed by atoms with van der Waals surface area (Å²) >= 11 is 0. The standard InChI is InChI=1S/C17H21N3O3/c1-6-23-17(22)14-11(3)13(12(4)20(14)5)16(21)19-15-10(2)8-7-9-18-15/h7-9H,6H2,1-5H3,(H,18,19,21). The van der Waals surface area contributed by atoms with Crippen LogP contribution >= 0.6 is 0 Å². The molecule has 122 valence electrons. The van der Waals surface area contributed by atoms with Gasteiger partial charge in [-0.15, -0.1) is 0 Å². The number of hydrogen-bond donors (Lipinski definition) is 1. The van der Waals surface area contributed by atoms with Crippen LogP contribution in [0.5, 0.6) is 0 Å². The van der Waals surface area contributed by atoms with Crippen LogP contribution in [0.2, 0.25) is 0 Å². The Bertz CT molecular complexity index is 763. The predicted octanol–water partition coefficient (Wildman–Crippen LogP) is 2.77. The number of nitrogens with one attached hydrogen (secondary N) is 1. The van der Waals surface area contributed by atoms with E-state index in [-0.39, 0.29) is 12.5 Å². The summed E-state index contributed by atoms with van der Waals surface area (Å²) < 4.78 is 6.76. The minimum absolute atomic E-state index is 0.284. The van der Waals surface area contributed by atoms with Crippen molar-refractivity contribution in [3.63, 3.8) is 0 Å². The van der Waals surface area contributed by atoms with E-state index >= 15 is 0 Å². The second kappa shape index (κ2) is 6.64. The van der Waals surface area contributed by atoms with Gasteiger partial charge in [0.05, 0.1) is 12.2 Å². The average molecular weight is 315 g/mol. The molecule has 0 aromatic carbocycles. The molecule has 0 aliphatic rings. The van der Waals surface area contributed by atoms with Gasteiger partial charge < -0.3 is 14.6 Å². The molecule has 2 heterocycles. The number of aromatic nitrogens is 2. The molecule has 6 nitrogen and oxygen atoms in total. The first-order valence-corrected chi connectivity index (χ1v) is 7.44. The summed E-state index contributed by atoms with van der Waals surface area (Å²) in [5.74, 6) is -0.200. The minimum Gasteiger partial charge on any atom is -0.461 e. The van der Waals surface area contributed by atoms with Crippen molar-refractivity contribution in [2.75, 3.05) is 11.9 Å². The quantitative estimate of drug-likeness (QED) is 0.881. The molecule has 0 fully saturated rings. The lowest BCUT2D eigenvalue weighted by Gasteiger charge is -2.07. The van der Waals surface area contributed by atoms with Gasteiger partial charge in [-0.05, 0) is 44.9 Å². The van der Waals surface area contributed by atoms with Gasteiger partial charge in [0.2, 0.25) is 0 Å². The summed E-state index contributed by atoms with van der Waals surface area (Å²) in [6.07, 6.45) is 1.62. The Hall–Kier alpha value is -2.63. The maximum Gasteiger partial charge on any atom is 0.355 e.